The van der Waals surface area contributed by atoms with Crippen molar-refractivity contribution in [2.24, 2.45) is 5.92 Å². The third kappa shape index (κ3) is 4.18. The van der Waals surface area contributed by atoms with Crippen LogP contribution in [-0.2, 0) is 14.3 Å². The quantitative estimate of drug-likeness (QED) is 0.810. The van der Waals surface area contributed by atoms with Crippen LogP contribution >= 0.6 is 0 Å². The molecule has 6 heteroatoms. The number of carbonyl (C=O) groups excluding carboxylic acids is 1. The maximum Gasteiger partial charge on any atom is 0.305 e. The van der Waals surface area contributed by atoms with Gasteiger partial charge in [-0.1, -0.05) is 6.92 Å². The van der Waals surface area contributed by atoms with Crippen molar-refractivity contribution in [3.63, 3.8) is 0 Å². The van der Waals surface area contributed by atoms with Crippen LogP contribution in [0.3, 0.4) is 0 Å². The lowest BCUT2D eigenvalue weighted by Crippen LogP contribution is -2.52. The Morgan fingerprint density at radius 2 is 1.95 bits per heavy atom. The number of carboxylic acids is 1. The lowest BCUT2D eigenvalue weighted by Gasteiger charge is -2.37. The normalized spacial score (nSPS) is 25.6. The second-order valence-corrected chi connectivity index (χ2v) is 5.86. The lowest BCUT2D eigenvalue weighted by atomic mass is 9.99. The minimum atomic E-state index is -0.843. The predicted molar refractivity (Wildman–Crippen MR) is 73.4 cm³/mol. The first-order chi connectivity index (χ1) is 9.56. The molecule has 20 heavy (non-hydrogen) atoms. The van der Waals surface area contributed by atoms with Crippen molar-refractivity contribution in [2.75, 3.05) is 39.4 Å². The highest BCUT2D eigenvalue weighted by molar-refractivity contribution is 5.78. The number of nitrogens with zero attached hydrogens (tertiary/aromatic N) is 2. The van der Waals surface area contributed by atoms with Gasteiger partial charge in [0.2, 0.25) is 5.91 Å². The van der Waals surface area contributed by atoms with E-state index in [1.54, 1.807) is 0 Å². The minimum absolute atomic E-state index is 0.0321. The van der Waals surface area contributed by atoms with E-state index in [-0.39, 0.29) is 18.4 Å². The summed E-state index contributed by atoms with van der Waals surface area (Å²) in [5, 5.41) is 8.92. The summed E-state index contributed by atoms with van der Waals surface area (Å²) in [5.41, 5.74) is 0. The van der Waals surface area contributed by atoms with E-state index >= 15 is 0 Å². The van der Waals surface area contributed by atoms with Crippen LogP contribution in [0.5, 0.6) is 0 Å². The van der Waals surface area contributed by atoms with Crippen molar-refractivity contribution in [1.29, 1.82) is 0 Å². The Bertz CT molecular complexity index is 353. The summed E-state index contributed by atoms with van der Waals surface area (Å²) < 4.78 is 5.32. The third-order valence-electron chi connectivity index (χ3n) is 4.23. The Balaban J connectivity index is 1.86. The standard InChI is InChI=1S/C14H24N2O4/c1-11-2-4-15(5-3-11)13(17)9-16-6-7-20-10-12(16)8-14(18)19/h11-12H,2-10H2,1H3,(H,18,19). The van der Waals surface area contributed by atoms with Crippen LogP contribution in [0.25, 0.3) is 0 Å². The Morgan fingerprint density at radius 3 is 2.60 bits per heavy atom. The van der Waals surface area contributed by atoms with Gasteiger partial charge >= 0.3 is 5.97 Å². The summed E-state index contributed by atoms with van der Waals surface area (Å²) in [4.78, 5) is 27.0. The van der Waals surface area contributed by atoms with Crippen molar-refractivity contribution in [3.8, 4) is 0 Å². The van der Waals surface area contributed by atoms with Gasteiger partial charge in [0.05, 0.1) is 26.2 Å². The van der Waals surface area contributed by atoms with Crippen molar-refractivity contribution in [1.82, 2.24) is 9.80 Å². The molecule has 2 fully saturated rings. The number of carboxylic acid groups (broad SMARTS) is 1. The first-order valence-electron chi connectivity index (χ1n) is 7.37. The first kappa shape index (κ1) is 15.3. The molecule has 0 saturated carbocycles. The summed E-state index contributed by atoms with van der Waals surface area (Å²) >= 11 is 0. The van der Waals surface area contributed by atoms with Crippen LogP contribution in [0.4, 0.5) is 0 Å². The van der Waals surface area contributed by atoms with Gasteiger partial charge in [0.15, 0.2) is 0 Å². The Kier molecular flexibility index (Phi) is 5.37. The van der Waals surface area contributed by atoms with Crippen LogP contribution in [0.1, 0.15) is 26.2 Å². The SMILES string of the molecule is CC1CCN(C(=O)CN2CCOCC2CC(=O)O)CC1. The van der Waals surface area contributed by atoms with Crippen LogP contribution in [0.15, 0.2) is 0 Å². The largest absolute Gasteiger partial charge is 0.481 e. The maximum atomic E-state index is 12.3. The monoisotopic (exact) mass is 284 g/mol. The fraction of sp³-hybridized carbons (Fsp3) is 0.857. The van der Waals surface area contributed by atoms with Crippen LogP contribution in [0.2, 0.25) is 0 Å². The number of amides is 1. The molecule has 0 aliphatic carbocycles. The van der Waals surface area contributed by atoms with Gasteiger partial charge < -0.3 is 14.7 Å². The van der Waals surface area contributed by atoms with Crippen molar-refractivity contribution >= 4 is 11.9 Å². The highest BCUT2D eigenvalue weighted by atomic mass is 16.5. The van der Waals surface area contributed by atoms with Gasteiger partial charge in [0.25, 0.3) is 0 Å². The van der Waals surface area contributed by atoms with Crippen molar-refractivity contribution in [3.05, 3.63) is 0 Å². The summed E-state index contributed by atoms with van der Waals surface area (Å²) in [6.07, 6.45) is 2.16. The number of piperidine rings is 1. The maximum absolute atomic E-state index is 12.3. The molecule has 6 nitrogen and oxygen atoms in total. The average Bonchev–Trinajstić information content (AvgIpc) is 2.41. The highest BCUT2D eigenvalue weighted by Crippen LogP contribution is 2.17. The van der Waals surface area contributed by atoms with Gasteiger partial charge in [-0.25, -0.2) is 0 Å². The third-order valence-corrected chi connectivity index (χ3v) is 4.23. The Labute approximate surface area is 119 Å². The van der Waals surface area contributed by atoms with E-state index < -0.39 is 5.97 Å². The molecule has 2 saturated heterocycles. The van der Waals surface area contributed by atoms with Gasteiger partial charge in [0, 0.05) is 25.7 Å². The molecule has 0 aromatic heterocycles. The molecule has 1 atom stereocenters. The van der Waals surface area contributed by atoms with Crippen LogP contribution in [0, 0.1) is 5.92 Å². The van der Waals surface area contributed by atoms with E-state index in [9.17, 15) is 9.59 Å². The van der Waals surface area contributed by atoms with E-state index in [4.69, 9.17) is 9.84 Å². The molecule has 0 bridgehead atoms. The second-order valence-electron chi connectivity index (χ2n) is 5.86. The highest BCUT2D eigenvalue weighted by Gasteiger charge is 2.29. The van der Waals surface area contributed by atoms with Crippen LogP contribution < -0.4 is 0 Å². The van der Waals surface area contributed by atoms with Gasteiger partial charge in [-0.05, 0) is 18.8 Å². The lowest BCUT2D eigenvalue weighted by molar-refractivity contribution is -0.143. The molecule has 0 aromatic carbocycles. The Hall–Kier alpha value is -1.14. The molecule has 0 spiro atoms. The number of aliphatic carboxylic acids is 1. The molecule has 1 amide bonds. The van der Waals surface area contributed by atoms with Crippen molar-refractivity contribution < 1.29 is 19.4 Å². The van der Waals surface area contributed by atoms with Gasteiger partial charge in [-0.2, -0.15) is 0 Å². The van der Waals surface area contributed by atoms with E-state index in [0.717, 1.165) is 25.9 Å². The van der Waals surface area contributed by atoms with Gasteiger partial charge in [-0.15, -0.1) is 0 Å². The molecule has 2 aliphatic rings. The number of ether oxygens (including phenoxy) is 1. The average molecular weight is 284 g/mol. The van der Waals surface area contributed by atoms with Crippen molar-refractivity contribution in [2.45, 2.75) is 32.2 Å². The molecule has 114 valence electrons. The van der Waals surface area contributed by atoms with Gasteiger partial charge in [-0.3, -0.25) is 14.5 Å². The zero-order valence-corrected chi connectivity index (χ0v) is 12.1. The minimum Gasteiger partial charge on any atom is -0.481 e. The molecular weight excluding hydrogens is 260 g/mol. The van der Waals surface area contributed by atoms with E-state index in [1.807, 2.05) is 9.80 Å². The molecule has 2 heterocycles. The molecule has 2 aliphatic heterocycles. The summed E-state index contributed by atoms with van der Waals surface area (Å²) in [6.45, 7) is 5.79. The van der Waals surface area contributed by atoms with E-state index in [2.05, 4.69) is 6.92 Å². The zero-order valence-electron chi connectivity index (χ0n) is 12.1. The van der Waals surface area contributed by atoms with E-state index in [0.29, 0.717) is 32.2 Å². The number of hydrogen-bond acceptors (Lipinski definition) is 4. The smallest absolute Gasteiger partial charge is 0.305 e. The fourth-order valence-corrected chi connectivity index (χ4v) is 2.82. The molecule has 0 aromatic rings. The molecule has 1 unspecified atom stereocenters. The number of morpholine rings is 1. The second kappa shape index (κ2) is 7.04. The zero-order chi connectivity index (χ0) is 14.5. The molecular formula is C14H24N2O4. The Morgan fingerprint density at radius 1 is 1.25 bits per heavy atom. The number of hydrogen-bond donors (Lipinski definition) is 1. The molecule has 2 rings (SSSR count). The summed E-state index contributed by atoms with van der Waals surface area (Å²) in [5.74, 6) is -0.0267. The predicted octanol–water partition coefficient (Wildman–Crippen LogP) is 0.420. The summed E-state index contributed by atoms with van der Waals surface area (Å²) in [6, 6.07) is -0.186. The topological polar surface area (TPSA) is 70.1 Å². The fourth-order valence-electron chi connectivity index (χ4n) is 2.82. The number of likely N-dealkylation sites (tertiary alicyclic amines) is 1. The molecule has 0 radical (unpaired) electrons. The van der Waals surface area contributed by atoms with E-state index in [1.165, 1.54) is 0 Å². The number of carbonyl (C=O) groups is 2. The summed E-state index contributed by atoms with van der Waals surface area (Å²) in [7, 11) is 0. The van der Waals surface area contributed by atoms with Gasteiger partial charge in [0.1, 0.15) is 0 Å². The van der Waals surface area contributed by atoms with Crippen LogP contribution in [-0.4, -0.2) is 72.2 Å². The molecule has 1 N–H and O–H groups in total. The number of rotatable bonds is 4. The first-order valence-corrected chi connectivity index (χ1v) is 7.37.